The predicted molar refractivity (Wildman–Crippen MR) is 80.3 cm³/mol. The van der Waals surface area contributed by atoms with Gasteiger partial charge in [0.05, 0.1) is 7.11 Å². The van der Waals surface area contributed by atoms with Gasteiger partial charge in [-0.05, 0) is 34.7 Å². The van der Waals surface area contributed by atoms with Crippen molar-refractivity contribution in [3.05, 3.63) is 60.7 Å². The monoisotopic (exact) mass is 249 g/mol. The van der Waals surface area contributed by atoms with Crippen molar-refractivity contribution in [3.8, 4) is 16.9 Å². The third-order valence-corrected chi connectivity index (χ3v) is 3.30. The van der Waals surface area contributed by atoms with E-state index in [1.807, 2.05) is 36.4 Å². The van der Waals surface area contributed by atoms with E-state index in [1.165, 1.54) is 10.9 Å². The summed E-state index contributed by atoms with van der Waals surface area (Å²) in [5.74, 6) is 0.892. The second kappa shape index (κ2) is 4.65. The maximum atomic E-state index is 5.87. The molecule has 0 unspecified atom stereocenters. The summed E-state index contributed by atoms with van der Waals surface area (Å²) < 4.78 is 5.42. The summed E-state index contributed by atoms with van der Waals surface area (Å²) in [4.78, 5) is 0. The molecule has 0 spiro atoms. The highest BCUT2D eigenvalue weighted by molar-refractivity contribution is 6.00. The van der Waals surface area contributed by atoms with Gasteiger partial charge in [0, 0.05) is 11.1 Å². The van der Waals surface area contributed by atoms with Gasteiger partial charge in [-0.2, -0.15) is 0 Å². The minimum atomic E-state index is 0.775. The molecule has 0 fully saturated rings. The molecule has 0 bridgehead atoms. The second-order valence-electron chi connectivity index (χ2n) is 4.49. The summed E-state index contributed by atoms with van der Waals surface area (Å²) in [6, 6.07) is 20.3. The number of methoxy groups -OCH3 is 1. The first kappa shape index (κ1) is 11.6. The van der Waals surface area contributed by atoms with Gasteiger partial charge in [0.25, 0.3) is 0 Å². The number of hydrogen-bond donors (Lipinski definition) is 1. The van der Waals surface area contributed by atoms with Crippen LogP contribution in [0.15, 0.2) is 60.7 Å². The van der Waals surface area contributed by atoms with E-state index in [2.05, 4.69) is 24.3 Å². The largest absolute Gasteiger partial charge is 0.496 e. The summed E-state index contributed by atoms with van der Waals surface area (Å²) in [5, 5.41) is 2.29. The summed E-state index contributed by atoms with van der Waals surface area (Å²) in [5.41, 5.74) is 8.94. The van der Waals surface area contributed by atoms with Crippen LogP contribution in [0.5, 0.6) is 5.75 Å². The van der Waals surface area contributed by atoms with Crippen molar-refractivity contribution >= 4 is 16.5 Å². The highest BCUT2D eigenvalue weighted by Crippen LogP contribution is 2.34. The van der Waals surface area contributed by atoms with Crippen LogP contribution in [-0.4, -0.2) is 7.11 Å². The van der Waals surface area contributed by atoms with E-state index in [0.717, 1.165) is 22.4 Å². The smallest absolute Gasteiger partial charge is 0.126 e. The molecule has 0 heterocycles. The molecule has 3 aromatic carbocycles. The average Bonchev–Trinajstić information content (AvgIpc) is 2.46. The Kier molecular flexibility index (Phi) is 2.84. The number of nitrogen functional groups attached to an aromatic ring is 1. The zero-order valence-corrected chi connectivity index (χ0v) is 10.8. The SMILES string of the molecule is COc1ccc(-c2cccc(N)c2)c2ccccc12. The number of ether oxygens (including phenoxy) is 1. The lowest BCUT2D eigenvalue weighted by molar-refractivity contribution is 0.420. The fourth-order valence-electron chi connectivity index (χ4n) is 2.41. The minimum Gasteiger partial charge on any atom is -0.496 e. The maximum Gasteiger partial charge on any atom is 0.126 e. The van der Waals surface area contributed by atoms with Crippen LogP contribution in [0.2, 0.25) is 0 Å². The van der Waals surface area contributed by atoms with E-state index < -0.39 is 0 Å². The van der Waals surface area contributed by atoms with Crippen LogP contribution in [0, 0.1) is 0 Å². The number of benzene rings is 3. The lowest BCUT2D eigenvalue weighted by Crippen LogP contribution is -1.89. The highest BCUT2D eigenvalue weighted by Gasteiger charge is 2.07. The van der Waals surface area contributed by atoms with Crippen molar-refractivity contribution in [1.29, 1.82) is 0 Å². The average molecular weight is 249 g/mol. The Hall–Kier alpha value is -2.48. The van der Waals surface area contributed by atoms with Crippen LogP contribution in [0.1, 0.15) is 0 Å². The standard InChI is InChI=1S/C17H15NO/c1-19-17-10-9-14(12-5-4-6-13(18)11-12)15-7-2-3-8-16(15)17/h2-11H,18H2,1H3. The summed E-state index contributed by atoms with van der Waals surface area (Å²) in [7, 11) is 1.70. The molecule has 0 aliphatic rings. The molecule has 0 saturated heterocycles. The summed E-state index contributed by atoms with van der Waals surface area (Å²) in [6.07, 6.45) is 0. The zero-order valence-electron chi connectivity index (χ0n) is 10.8. The maximum absolute atomic E-state index is 5.87. The molecular weight excluding hydrogens is 234 g/mol. The van der Waals surface area contributed by atoms with Crippen molar-refractivity contribution in [2.75, 3.05) is 12.8 Å². The molecule has 0 saturated carbocycles. The first-order valence-corrected chi connectivity index (χ1v) is 6.21. The Balaban J connectivity index is 2.31. The fraction of sp³-hybridized carbons (Fsp3) is 0.0588. The number of fused-ring (bicyclic) bond motifs is 1. The molecule has 2 nitrogen and oxygen atoms in total. The Morgan fingerprint density at radius 1 is 0.842 bits per heavy atom. The van der Waals surface area contributed by atoms with Gasteiger partial charge in [-0.3, -0.25) is 0 Å². The van der Waals surface area contributed by atoms with Crippen LogP contribution >= 0.6 is 0 Å². The quantitative estimate of drug-likeness (QED) is 0.694. The minimum absolute atomic E-state index is 0.775. The van der Waals surface area contributed by atoms with E-state index in [9.17, 15) is 0 Å². The third-order valence-electron chi connectivity index (χ3n) is 3.30. The van der Waals surface area contributed by atoms with Crippen LogP contribution in [-0.2, 0) is 0 Å². The van der Waals surface area contributed by atoms with Gasteiger partial charge in [0.15, 0.2) is 0 Å². The first-order valence-electron chi connectivity index (χ1n) is 6.21. The molecular formula is C17H15NO. The van der Waals surface area contributed by atoms with Crippen molar-refractivity contribution in [1.82, 2.24) is 0 Å². The topological polar surface area (TPSA) is 35.2 Å². The molecule has 0 aliphatic heterocycles. The zero-order chi connectivity index (χ0) is 13.2. The molecule has 19 heavy (non-hydrogen) atoms. The molecule has 0 aromatic heterocycles. The third kappa shape index (κ3) is 2.02. The number of rotatable bonds is 2. The van der Waals surface area contributed by atoms with Crippen LogP contribution in [0.4, 0.5) is 5.69 Å². The molecule has 2 heteroatoms. The van der Waals surface area contributed by atoms with Crippen molar-refractivity contribution in [3.63, 3.8) is 0 Å². The highest BCUT2D eigenvalue weighted by atomic mass is 16.5. The Morgan fingerprint density at radius 3 is 2.37 bits per heavy atom. The van der Waals surface area contributed by atoms with Gasteiger partial charge < -0.3 is 10.5 Å². The number of anilines is 1. The van der Waals surface area contributed by atoms with E-state index in [1.54, 1.807) is 7.11 Å². The van der Waals surface area contributed by atoms with Gasteiger partial charge in [0.1, 0.15) is 5.75 Å². The van der Waals surface area contributed by atoms with Gasteiger partial charge in [0.2, 0.25) is 0 Å². The van der Waals surface area contributed by atoms with Gasteiger partial charge >= 0.3 is 0 Å². The van der Waals surface area contributed by atoms with Crippen LogP contribution < -0.4 is 10.5 Å². The van der Waals surface area contributed by atoms with E-state index in [4.69, 9.17) is 10.5 Å². The van der Waals surface area contributed by atoms with E-state index >= 15 is 0 Å². The van der Waals surface area contributed by atoms with Crippen LogP contribution in [0.25, 0.3) is 21.9 Å². The molecule has 2 N–H and O–H groups in total. The molecule has 3 aromatic rings. The molecule has 0 radical (unpaired) electrons. The molecule has 0 aliphatic carbocycles. The number of hydrogen-bond acceptors (Lipinski definition) is 2. The molecule has 0 atom stereocenters. The predicted octanol–water partition coefficient (Wildman–Crippen LogP) is 4.10. The Labute approximate surface area is 112 Å². The first-order chi connectivity index (χ1) is 9.29. The molecule has 0 amide bonds. The lowest BCUT2D eigenvalue weighted by atomic mass is 9.97. The van der Waals surface area contributed by atoms with Crippen molar-refractivity contribution in [2.45, 2.75) is 0 Å². The Bertz CT molecular complexity index is 734. The lowest BCUT2D eigenvalue weighted by Gasteiger charge is -2.11. The van der Waals surface area contributed by atoms with Crippen LogP contribution in [0.3, 0.4) is 0 Å². The van der Waals surface area contributed by atoms with Crippen molar-refractivity contribution < 1.29 is 4.74 Å². The normalized spacial score (nSPS) is 10.6. The van der Waals surface area contributed by atoms with Gasteiger partial charge in [-0.25, -0.2) is 0 Å². The molecule has 3 rings (SSSR count). The van der Waals surface area contributed by atoms with Gasteiger partial charge in [-0.1, -0.05) is 42.5 Å². The summed E-state index contributed by atoms with van der Waals surface area (Å²) in [6.45, 7) is 0. The fourth-order valence-corrected chi connectivity index (χ4v) is 2.41. The van der Waals surface area contributed by atoms with Gasteiger partial charge in [-0.15, -0.1) is 0 Å². The van der Waals surface area contributed by atoms with E-state index in [-0.39, 0.29) is 0 Å². The number of nitrogens with two attached hydrogens (primary N) is 1. The second-order valence-corrected chi connectivity index (χ2v) is 4.49. The van der Waals surface area contributed by atoms with E-state index in [0.29, 0.717) is 0 Å². The summed E-state index contributed by atoms with van der Waals surface area (Å²) >= 11 is 0. The Morgan fingerprint density at radius 2 is 1.63 bits per heavy atom. The van der Waals surface area contributed by atoms with Crippen molar-refractivity contribution in [2.24, 2.45) is 0 Å². The molecule has 94 valence electrons.